The highest BCUT2D eigenvalue weighted by Crippen LogP contribution is 2.24. The Morgan fingerprint density at radius 1 is 0.963 bits per heavy atom. The van der Waals surface area contributed by atoms with Gasteiger partial charge in [0.2, 0.25) is 11.8 Å². The second kappa shape index (κ2) is 10.7. The van der Waals surface area contributed by atoms with Crippen LogP contribution in [-0.4, -0.2) is 43.5 Å². The molecule has 0 saturated carbocycles. The molecule has 144 valence electrons. The first-order chi connectivity index (χ1) is 13.0. The van der Waals surface area contributed by atoms with Crippen molar-refractivity contribution < 1.29 is 14.3 Å². The number of halogens is 1. The van der Waals surface area contributed by atoms with Gasteiger partial charge < -0.3 is 15.4 Å². The minimum atomic E-state index is -0.209. The molecule has 7 heteroatoms. The van der Waals surface area contributed by atoms with E-state index in [4.69, 9.17) is 4.74 Å². The number of nitrogens with one attached hydrogen (secondary N) is 2. The van der Waals surface area contributed by atoms with E-state index in [1.54, 1.807) is 18.0 Å². The highest BCUT2D eigenvalue weighted by Gasteiger charge is 2.13. The molecule has 0 aliphatic carbocycles. The van der Waals surface area contributed by atoms with E-state index in [9.17, 15) is 9.59 Å². The molecule has 0 saturated heterocycles. The second-order valence-corrected chi connectivity index (χ2v) is 6.95. The van der Waals surface area contributed by atoms with E-state index in [-0.39, 0.29) is 24.9 Å². The van der Waals surface area contributed by atoms with Crippen LogP contribution in [0.25, 0.3) is 0 Å². The average molecular weight is 434 g/mol. The predicted octanol–water partition coefficient (Wildman–Crippen LogP) is 3.75. The maximum absolute atomic E-state index is 12.3. The van der Waals surface area contributed by atoms with Crippen LogP contribution in [0.1, 0.15) is 13.3 Å². The summed E-state index contributed by atoms with van der Waals surface area (Å²) in [4.78, 5) is 26.1. The molecule has 2 aromatic carbocycles. The second-order valence-electron chi connectivity index (χ2n) is 6.09. The minimum Gasteiger partial charge on any atom is -0.491 e. The molecule has 0 unspecified atom stereocenters. The van der Waals surface area contributed by atoms with Crippen molar-refractivity contribution in [2.75, 3.05) is 37.4 Å². The molecule has 0 bridgehead atoms. The molecule has 0 aromatic heterocycles. The molecule has 0 aliphatic heterocycles. The maximum atomic E-state index is 12.3. The smallest absolute Gasteiger partial charge is 0.238 e. The van der Waals surface area contributed by atoms with Crippen molar-refractivity contribution in [1.29, 1.82) is 0 Å². The topological polar surface area (TPSA) is 70.7 Å². The van der Waals surface area contributed by atoms with Crippen molar-refractivity contribution in [2.45, 2.75) is 13.3 Å². The van der Waals surface area contributed by atoms with Gasteiger partial charge in [-0.25, -0.2) is 0 Å². The summed E-state index contributed by atoms with van der Waals surface area (Å²) in [5.41, 5.74) is 1.32. The van der Waals surface area contributed by atoms with Gasteiger partial charge in [0.05, 0.1) is 31.1 Å². The van der Waals surface area contributed by atoms with Crippen LogP contribution in [0.4, 0.5) is 11.4 Å². The van der Waals surface area contributed by atoms with Crippen LogP contribution in [0.5, 0.6) is 5.75 Å². The summed E-state index contributed by atoms with van der Waals surface area (Å²) in [7, 11) is 1.72. The van der Waals surface area contributed by atoms with Gasteiger partial charge in [-0.15, -0.1) is 0 Å². The van der Waals surface area contributed by atoms with Gasteiger partial charge in [-0.2, -0.15) is 0 Å². The Labute approximate surface area is 168 Å². The highest BCUT2D eigenvalue weighted by molar-refractivity contribution is 9.10. The van der Waals surface area contributed by atoms with Gasteiger partial charge in [0.15, 0.2) is 0 Å². The van der Waals surface area contributed by atoms with E-state index in [0.717, 1.165) is 10.9 Å². The zero-order valence-electron chi connectivity index (χ0n) is 15.5. The third kappa shape index (κ3) is 7.03. The molecule has 0 heterocycles. The fourth-order valence-electron chi connectivity index (χ4n) is 2.40. The normalized spacial score (nSPS) is 10.5. The van der Waals surface area contributed by atoms with E-state index in [1.165, 1.54) is 0 Å². The van der Waals surface area contributed by atoms with E-state index in [0.29, 0.717) is 23.7 Å². The van der Waals surface area contributed by atoms with E-state index < -0.39 is 0 Å². The van der Waals surface area contributed by atoms with Crippen LogP contribution >= 0.6 is 15.9 Å². The monoisotopic (exact) mass is 433 g/mol. The quantitative estimate of drug-likeness (QED) is 0.631. The lowest BCUT2D eigenvalue weighted by Crippen LogP contribution is -2.36. The molecule has 0 aliphatic rings. The third-order valence-corrected chi connectivity index (χ3v) is 4.29. The molecule has 2 aromatic rings. The van der Waals surface area contributed by atoms with Crippen molar-refractivity contribution in [3.63, 3.8) is 0 Å². The minimum absolute atomic E-state index is 0.0888. The zero-order valence-corrected chi connectivity index (χ0v) is 17.1. The largest absolute Gasteiger partial charge is 0.491 e. The number of anilines is 2. The first-order valence-corrected chi connectivity index (χ1v) is 9.53. The van der Waals surface area contributed by atoms with Crippen LogP contribution in [0, 0.1) is 0 Å². The number of ether oxygens (including phenoxy) is 1. The first kappa shape index (κ1) is 20.9. The number of carbonyl (C=O) groups is 2. The lowest BCUT2D eigenvalue weighted by atomic mass is 10.3. The average Bonchev–Trinajstić information content (AvgIpc) is 2.62. The lowest BCUT2D eigenvalue weighted by Gasteiger charge is -2.17. The molecule has 6 nitrogen and oxygen atoms in total. The number of likely N-dealkylation sites (N-methyl/N-ethyl adjacent to an activating group) is 1. The van der Waals surface area contributed by atoms with Crippen molar-refractivity contribution in [2.24, 2.45) is 0 Å². The zero-order chi connectivity index (χ0) is 19.6. The number of para-hydroxylation sites is 3. The molecule has 2 N–H and O–H groups in total. The number of hydrogen-bond acceptors (Lipinski definition) is 4. The number of carbonyl (C=O) groups excluding carboxylic acids is 2. The summed E-state index contributed by atoms with van der Waals surface area (Å²) in [6.45, 7) is 2.80. The highest BCUT2D eigenvalue weighted by atomic mass is 79.9. The Morgan fingerprint density at radius 3 is 2.15 bits per heavy atom. The molecule has 2 rings (SSSR count). The van der Waals surface area contributed by atoms with Gasteiger partial charge >= 0.3 is 0 Å². The van der Waals surface area contributed by atoms with Gasteiger partial charge in [0.1, 0.15) is 5.75 Å². The molecular weight excluding hydrogens is 410 g/mol. The Bertz CT molecular complexity index is 783. The summed E-state index contributed by atoms with van der Waals surface area (Å²) in [6.07, 6.45) is 0.887. The fraction of sp³-hybridized carbons (Fsp3) is 0.300. The summed E-state index contributed by atoms with van der Waals surface area (Å²) < 4.78 is 6.45. The molecule has 0 radical (unpaired) electrons. The summed E-state index contributed by atoms with van der Waals surface area (Å²) in [5, 5.41) is 5.65. The van der Waals surface area contributed by atoms with Crippen LogP contribution in [0.2, 0.25) is 0 Å². The van der Waals surface area contributed by atoms with E-state index in [2.05, 4.69) is 26.6 Å². The molecule has 27 heavy (non-hydrogen) atoms. The van der Waals surface area contributed by atoms with Crippen LogP contribution in [-0.2, 0) is 9.59 Å². The van der Waals surface area contributed by atoms with Crippen molar-refractivity contribution in [1.82, 2.24) is 4.90 Å². The number of benzene rings is 2. The number of hydrogen-bond donors (Lipinski definition) is 2. The predicted molar refractivity (Wildman–Crippen MR) is 111 cm³/mol. The van der Waals surface area contributed by atoms with Crippen LogP contribution in [0.15, 0.2) is 53.0 Å². The third-order valence-electron chi connectivity index (χ3n) is 3.60. The molecule has 2 amide bonds. The SMILES string of the molecule is CCCOc1ccccc1NC(=O)CN(C)CC(=O)Nc1ccccc1Br. The Kier molecular flexibility index (Phi) is 8.29. The Morgan fingerprint density at radius 2 is 1.52 bits per heavy atom. The van der Waals surface area contributed by atoms with Gasteiger partial charge in [-0.3, -0.25) is 14.5 Å². The molecule has 0 atom stereocenters. The van der Waals surface area contributed by atoms with Crippen molar-refractivity contribution >= 4 is 39.1 Å². The van der Waals surface area contributed by atoms with Gasteiger partial charge in [0, 0.05) is 4.47 Å². The van der Waals surface area contributed by atoms with Crippen molar-refractivity contribution in [3.8, 4) is 5.75 Å². The van der Waals surface area contributed by atoms with Gasteiger partial charge in [-0.1, -0.05) is 31.2 Å². The Balaban J connectivity index is 1.85. The van der Waals surface area contributed by atoms with Crippen LogP contribution < -0.4 is 15.4 Å². The van der Waals surface area contributed by atoms with E-state index in [1.807, 2.05) is 49.4 Å². The first-order valence-electron chi connectivity index (χ1n) is 8.74. The van der Waals surface area contributed by atoms with Crippen LogP contribution in [0.3, 0.4) is 0 Å². The number of nitrogens with zero attached hydrogens (tertiary/aromatic N) is 1. The summed E-state index contributed by atoms with van der Waals surface area (Å²) >= 11 is 3.39. The lowest BCUT2D eigenvalue weighted by molar-refractivity contribution is -0.119. The van der Waals surface area contributed by atoms with Gasteiger partial charge in [0.25, 0.3) is 0 Å². The summed E-state index contributed by atoms with van der Waals surface area (Å²) in [6, 6.07) is 14.7. The summed E-state index contributed by atoms with van der Waals surface area (Å²) in [5.74, 6) is 0.240. The molecule has 0 spiro atoms. The number of rotatable bonds is 9. The maximum Gasteiger partial charge on any atom is 0.238 e. The Hall–Kier alpha value is -2.38. The van der Waals surface area contributed by atoms with E-state index >= 15 is 0 Å². The number of amides is 2. The molecular formula is C20H24BrN3O3. The van der Waals surface area contributed by atoms with Crippen molar-refractivity contribution in [3.05, 3.63) is 53.0 Å². The standard InChI is InChI=1S/C20H24BrN3O3/c1-3-12-27-18-11-7-6-10-17(18)23-20(26)14-24(2)13-19(25)22-16-9-5-4-8-15(16)21/h4-11H,3,12-14H2,1-2H3,(H,22,25)(H,23,26). The van der Waals surface area contributed by atoms with Gasteiger partial charge in [-0.05, 0) is 53.7 Å². The fourth-order valence-corrected chi connectivity index (χ4v) is 2.78. The molecule has 0 fully saturated rings.